The van der Waals surface area contributed by atoms with Gasteiger partial charge in [0, 0.05) is 12.6 Å². The number of fused-ring (bicyclic) bond motifs is 1. The van der Waals surface area contributed by atoms with Crippen LogP contribution >= 0.6 is 0 Å². The van der Waals surface area contributed by atoms with Crippen LogP contribution < -0.4 is 26.6 Å². The van der Waals surface area contributed by atoms with Crippen LogP contribution in [-0.2, 0) is 11.3 Å². The van der Waals surface area contributed by atoms with Gasteiger partial charge in [0.25, 0.3) is 17.4 Å². The van der Waals surface area contributed by atoms with Gasteiger partial charge in [-0.1, -0.05) is 6.07 Å². The molecule has 0 aliphatic carbocycles. The minimum Gasteiger partial charge on any atom is -0.482 e. The SMILES string of the molecule is O=C1COc2ccc(CNC(=O)c3cc(=O)[nH]c(=O)[nH]3)cc2N1. The molecule has 1 aliphatic rings. The quantitative estimate of drug-likeness (QED) is 0.595. The van der Waals surface area contributed by atoms with Crippen molar-refractivity contribution in [2.45, 2.75) is 6.54 Å². The van der Waals surface area contributed by atoms with Crippen LogP contribution in [0.5, 0.6) is 5.75 Å². The van der Waals surface area contributed by atoms with Crippen molar-refractivity contribution in [1.82, 2.24) is 15.3 Å². The summed E-state index contributed by atoms with van der Waals surface area (Å²) in [6.45, 7) is 0.121. The van der Waals surface area contributed by atoms with Crippen LogP contribution in [-0.4, -0.2) is 28.4 Å². The van der Waals surface area contributed by atoms with Crippen LogP contribution in [0.1, 0.15) is 16.1 Å². The van der Waals surface area contributed by atoms with Crippen LogP contribution in [0.2, 0.25) is 0 Å². The lowest BCUT2D eigenvalue weighted by Gasteiger charge is -2.18. The molecule has 0 saturated heterocycles. The number of aromatic nitrogens is 2. The van der Waals surface area contributed by atoms with Gasteiger partial charge in [-0.15, -0.1) is 0 Å². The van der Waals surface area contributed by atoms with E-state index in [-0.39, 0.29) is 24.8 Å². The molecule has 0 unspecified atom stereocenters. The Kier molecular flexibility index (Phi) is 3.67. The maximum Gasteiger partial charge on any atom is 0.326 e. The molecule has 9 heteroatoms. The van der Waals surface area contributed by atoms with Gasteiger partial charge in [0.05, 0.1) is 5.69 Å². The number of ether oxygens (including phenoxy) is 1. The van der Waals surface area contributed by atoms with Crippen molar-refractivity contribution in [3.63, 3.8) is 0 Å². The summed E-state index contributed by atoms with van der Waals surface area (Å²) in [6, 6.07) is 6.09. The summed E-state index contributed by atoms with van der Waals surface area (Å²) in [5.74, 6) is -0.287. The first kappa shape index (κ1) is 14.6. The second-order valence-electron chi connectivity index (χ2n) is 4.85. The van der Waals surface area contributed by atoms with Crippen molar-refractivity contribution in [3.05, 3.63) is 56.4 Å². The highest BCUT2D eigenvalue weighted by Crippen LogP contribution is 2.28. The molecule has 1 aliphatic heterocycles. The molecule has 1 aromatic carbocycles. The Hall–Kier alpha value is -3.36. The smallest absolute Gasteiger partial charge is 0.326 e. The Morgan fingerprint density at radius 2 is 2.00 bits per heavy atom. The summed E-state index contributed by atoms with van der Waals surface area (Å²) >= 11 is 0. The third-order valence-electron chi connectivity index (χ3n) is 3.13. The summed E-state index contributed by atoms with van der Waals surface area (Å²) in [4.78, 5) is 49.7. The molecule has 2 aromatic rings. The average Bonchev–Trinajstić information content (AvgIpc) is 2.51. The van der Waals surface area contributed by atoms with Crippen LogP contribution in [0, 0.1) is 0 Å². The van der Waals surface area contributed by atoms with E-state index >= 15 is 0 Å². The highest BCUT2D eigenvalue weighted by Gasteiger charge is 2.16. The number of anilines is 1. The number of rotatable bonds is 3. The Morgan fingerprint density at radius 1 is 1.17 bits per heavy atom. The molecular weight excluding hydrogens is 304 g/mol. The molecule has 23 heavy (non-hydrogen) atoms. The van der Waals surface area contributed by atoms with E-state index in [1.165, 1.54) is 0 Å². The molecule has 4 N–H and O–H groups in total. The molecule has 3 rings (SSSR count). The van der Waals surface area contributed by atoms with E-state index in [2.05, 4.69) is 15.6 Å². The molecule has 118 valence electrons. The van der Waals surface area contributed by atoms with Crippen molar-refractivity contribution >= 4 is 17.5 Å². The summed E-state index contributed by atoms with van der Waals surface area (Å²) in [6.07, 6.45) is 0. The minimum atomic E-state index is -0.753. The van der Waals surface area contributed by atoms with Gasteiger partial charge in [0.2, 0.25) is 0 Å². The zero-order valence-corrected chi connectivity index (χ0v) is 11.8. The van der Waals surface area contributed by atoms with Gasteiger partial charge in [0.15, 0.2) is 6.61 Å². The molecular formula is C14H12N4O5. The highest BCUT2D eigenvalue weighted by atomic mass is 16.5. The molecule has 0 saturated carbocycles. The van der Waals surface area contributed by atoms with Crippen molar-refractivity contribution in [2.75, 3.05) is 11.9 Å². The number of carbonyl (C=O) groups excluding carboxylic acids is 2. The van der Waals surface area contributed by atoms with Crippen molar-refractivity contribution in [2.24, 2.45) is 0 Å². The molecule has 1 aromatic heterocycles. The molecule has 0 fully saturated rings. The van der Waals surface area contributed by atoms with Crippen LogP contribution in [0.25, 0.3) is 0 Å². The third-order valence-corrected chi connectivity index (χ3v) is 3.13. The molecule has 0 radical (unpaired) electrons. The number of benzene rings is 1. The number of hydrogen-bond acceptors (Lipinski definition) is 5. The molecule has 2 amide bonds. The van der Waals surface area contributed by atoms with E-state index in [0.717, 1.165) is 11.6 Å². The molecule has 2 heterocycles. The third kappa shape index (κ3) is 3.28. The predicted molar refractivity (Wildman–Crippen MR) is 79.4 cm³/mol. The van der Waals surface area contributed by atoms with E-state index in [0.29, 0.717) is 11.4 Å². The fourth-order valence-corrected chi connectivity index (χ4v) is 2.11. The van der Waals surface area contributed by atoms with Crippen molar-refractivity contribution in [3.8, 4) is 5.75 Å². The van der Waals surface area contributed by atoms with Crippen LogP contribution in [0.4, 0.5) is 5.69 Å². The second-order valence-corrected chi connectivity index (χ2v) is 4.85. The number of carbonyl (C=O) groups is 2. The zero-order chi connectivity index (χ0) is 16.4. The average molecular weight is 316 g/mol. The highest BCUT2D eigenvalue weighted by molar-refractivity contribution is 5.95. The van der Waals surface area contributed by atoms with Gasteiger partial charge >= 0.3 is 5.69 Å². The van der Waals surface area contributed by atoms with E-state index in [1.54, 1.807) is 18.2 Å². The number of hydrogen-bond donors (Lipinski definition) is 4. The lowest BCUT2D eigenvalue weighted by molar-refractivity contribution is -0.118. The molecule has 9 nitrogen and oxygen atoms in total. The fourth-order valence-electron chi connectivity index (χ4n) is 2.11. The summed E-state index contributed by atoms with van der Waals surface area (Å²) in [5.41, 5.74) is -0.301. The van der Waals surface area contributed by atoms with Gasteiger partial charge < -0.3 is 20.4 Å². The first-order valence-electron chi connectivity index (χ1n) is 6.69. The normalized spacial score (nSPS) is 12.8. The molecule has 0 atom stereocenters. The van der Waals surface area contributed by atoms with Gasteiger partial charge in [-0.05, 0) is 17.7 Å². The largest absolute Gasteiger partial charge is 0.482 e. The summed E-state index contributed by atoms with van der Waals surface area (Å²) in [5, 5.41) is 5.24. The molecule has 0 bridgehead atoms. The minimum absolute atomic E-state index is 0.0288. The second kappa shape index (κ2) is 5.79. The number of H-pyrrole nitrogens is 2. The van der Waals surface area contributed by atoms with E-state index in [9.17, 15) is 19.2 Å². The Labute approximate surface area is 128 Å². The van der Waals surface area contributed by atoms with Crippen molar-refractivity contribution in [1.29, 1.82) is 0 Å². The summed E-state index contributed by atoms with van der Waals surface area (Å²) < 4.78 is 5.23. The maximum atomic E-state index is 11.9. The molecule has 0 spiro atoms. The first-order valence-corrected chi connectivity index (χ1v) is 6.69. The number of nitrogens with one attached hydrogen (secondary N) is 4. The Morgan fingerprint density at radius 3 is 2.78 bits per heavy atom. The van der Waals surface area contributed by atoms with Crippen molar-refractivity contribution < 1.29 is 14.3 Å². The van der Waals surface area contributed by atoms with E-state index in [4.69, 9.17) is 4.74 Å². The number of aromatic amines is 2. The van der Waals surface area contributed by atoms with Gasteiger partial charge in [0.1, 0.15) is 11.4 Å². The fraction of sp³-hybridized carbons (Fsp3) is 0.143. The van der Waals surface area contributed by atoms with Crippen LogP contribution in [0.3, 0.4) is 0 Å². The topological polar surface area (TPSA) is 133 Å². The van der Waals surface area contributed by atoms with Crippen LogP contribution in [0.15, 0.2) is 33.9 Å². The first-order chi connectivity index (χ1) is 11.0. The van der Waals surface area contributed by atoms with Gasteiger partial charge in [-0.3, -0.25) is 19.4 Å². The lowest BCUT2D eigenvalue weighted by Crippen LogP contribution is -2.30. The monoisotopic (exact) mass is 316 g/mol. The Bertz CT molecular complexity index is 870. The van der Waals surface area contributed by atoms with E-state index < -0.39 is 17.2 Å². The number of amides is 2. The lowest BCUT2D eigenvalue weighted by atomic mass is 10.1. The van der Waals surface area contributed by atoms with E-state index in [1.807, 2.05) is 4.98 Å². The predicted octanol–water partition coefficient (Wildman–Crippen LogP) is -0.676. The zero-order valence-electron chi connectivity index (χ0n) is 11.8. The maximum absolute atomic E-state index is 11.9. The summed E-state index contributed by atoms with van der Waals surface area (Å²) in [7, 11) is 0. The Balaban J connectivity index is 1.72. The van der Waals surface area contributed by atoms with Gasteiger partial charge in [-0.25, -0.2) is 4.79 Å². The van der Waals surface area contributed by atoms with Gasteiger partial charge in [-0.2, -0.15) is 0 Å². The standard InChI is InChI=1S/C14H12N4O5/c19-11-4-9(17-14(22)18-11)13(21)15-5-7-1-2-10-8(3-7)16-12(20)6-23-10/h1-4H,5-6H2,(H,15,21)(H,16,20)(H2,17,18,19,22).